The van der Waals surface area contributed by atoms with Gasteiger partial charge in [-0.15, -0.1) is 0 Å². The van der Waals surface area contributed by atoms with Gasteiger partial charge in [0.1, 0.15) is 0 Å². The van der Waals surface area contributed by atoms with Crippen LogP contribution in [0.25, 0.3) is 0 Å². The van der Waals surface area contributed by atoms with E-state index in [0.717, 1.165) is 18.4 Å². The van der Waals surface area contributed by atoms with Crippen LogP contribution in [-0.2, 0) is 0 Å². The maximum atomic E-state index is 3.49. The Morgan fingerprint density at radius 1 is 1.00 bits per heavy atom. The molecule has 1 aliphatic carbocycles. The van der Waals surface area contributed by atoms with Crippen LogP contribution in [0.4, 0.5) is 0 Å². The summed E-state index contributed by atoms with van der Waals surface area (Å²) in [6.07, 6.45) is 8.80. The van der Waals surface area contributed by atoms with Crippen molar-refractivity contribution in [2.45, 2.75) is 45.4 Å². The van der Waals surface area contributed by atoms with E-state index in [2.05, 4.69) is 17.1 Å². The SMILES string of the molecule is CCNCC1CCN(CC2CCCC2)CC1. The van der Waals surface area contributed by atoms with Gasteiger partial charge in [-0.2, -0.15) is 0 Å². The summed E-state index contributed by atoms with van der Waals surface area (Å²) in [7, 11) is 0. The summed E-state index contributed by atoms with van der Waals surface area (Å²) < 4.78 is 0. The zero-order valence-corrected chi connectivity index (χ0v) is 10.9. The van der Waals surface area contributed by atoms with Crippen LogP contribution < -0.4 is 5.32 Å². The Balaban J connectivity index is 1.60. The van der Waals surface area contributed by atoms with Gasteiger partial charge in [-0.1, -0.05) is 19.8 Å². The molecule has 0 radical (unpaired) electrons. The van der Waals surface area contributed by atoms with Gasteiger partial charge < -0.3 is 10.2 Å². The first-order valence-corrected chi connectivity index (χ1v) is 7.31. The zero-order valence-electron chi connectivity index (χ0n) is 10.9. The Morgan fingerprint density at radius 3 is 2.31 bits per heavy atom. The Hall–Kier alpha value is -0.0800. The van der Waals surface area contributed by atoms with Crippen LogP contribution in [0.5, 0.6) is 0 Å². The first-order chi connectivity index (χ1) is 7.88. The summed E-state index contributed by atoms with van der Waals surface area (Å²) in [6, 6.07) is 0. The quantitative estimate of drug-likeness (QED) is 0.772. The summed E-state index contributed by atoms with van der Waals surface area (Å²) in [5.74, 6) is 1.98. The van der Waals surface area contributed by atoms with Crippen molar-refractivity contribution in [2.24, 2.45) is 11.8 Å². The van der Waals surface area contributed by atoms with Crippen LogP contribution in [-0.4, -0.2) is 37.6 Å². The van der Waals surface area contributed by atoms with E-state index in [0.29, 0.717) is 0 Å². The number of hydrogen-bond acceptors (Lipinski definition) is 2. The van der Waals surface area contributed by atoms with Gasteiger partial charge in [0.05, 0.1) is 0 Å². The molecule has 2 nitrogen and oxygen atoms in total. The third-order valence-electron chi connectivity index (χ3n) is 4.38. The second-order valence-electron chi connectivity index (χ2n) is 5.70. The molecule has 2 rings (SSSR count). The van der Waals surface area contributed by atoms with Crippen molar-refractivity contribution in [3.05, 3.63) is 0 Å². The predicted molar refractivity (Wildman–Crippen MR) is 69.7 cm³/mol. The van der Waals surface area contributed by atoms with E-state index >= 15 is 0 Å². The lowest BCUT2D eigenvalue weighted by Crippen LogP contribution is -2.39. The molecule has 2 aliphatic rings. The molecule has 0 spiro atoms. The van der Waals surface area contributed by atoms with Crippen molar-refractivity contribution in [1.29, 1.82) is 0 Å². The second-order valence-corrected chi connectivity index (χ2v) is 5.70. The van der Waals surface area contributed by atoms with E-state index in [-0.39, 0.29) is 0 Å². The Labute approximate surface area is 101 Å². The molecule has 1 saturated carbocycles. The van der Waals surface area contributed by atoms with E-state index in [1.165, 1.54) is 64.7 Å². The first-order valence-electron chi connectivity index (χ1n) is 7.31. The lowest BCUT2D eigenvalue weighted by Gasteiger charge is -2.33. The summed E-state index contributed by atoms with van der Waals surface area (Å²) in [5, 5.41) is 3.49. The van der Waals surface area contributed by atoms with Gasteiger partial charge in [0.2, 0.25) is 0 Å². The molecule has 1 saturated heterocycles. The Morgan fingerprint density at radius 2 is 1.69 bits per heavy atom. The van der Waals surface area contributed by atoms with Gasteiger partial charge >= 0.3 is 0 Å². The smallest absolute Gasteiger partial charge is 0.000966 e. The molecule has 0 amide bonds. The third kappa shape index (κ3) is 3.74. The minimum absolute atomic E-state index is 0.944. The largest absolute Gasteiger partial charge is 0.317 e. The highest BCUT2D eigenvalue weighted by Gasteiger charge is 2.22. The van der Waals surface area contributed by atoms with E-state index in [1.54, 1.807) is 0 Å². The maximum Gasteiger partial charge on any atom is 0.000966 e. The average Bonchev–Trinajstić information content (AvgIpc) is 2.81. The Bertz CT molecular complexity index is 179. The molecule has 0 aromatic heterocycles. The van der Waals surface area contributed by atoms with Gasteiger partial charge in [0.15, 0.2) is 0 Å². The summed E-state index contributed by atoms with van der Waals surface area (Å²) in [4.78, 5) is 2.72. The maximum absolute atomic E-state index is 3.49. The number of nitrogens with one attached hydrogen (secondary N) is 1. The minimum Gasteiger partial charge on any atom is -0.317 e. The zero-order chi connectivity index (χ0) is 11.2. The standard InChI is InChI=1S/C14H28N2/c1-2-15-11-13-7-9-16(10-8-13)12-14-5-3-4-6-14/h13-15H,2-12H2,1H3. The van der Waals surface area contributed by atoms with Crippen molar-refractivity contribution < 1.29 is 0 Å². The summed E-state index contributed by atoms with van der Waals surface area (Å²) >= 11 is 0. The molecule has 0 unspecified atom stereocenters. The molecule has 0 bridgehead atoms. The lowest BCUT2D eigenvalue weighted by molar-refractivity contribution is 0.160. The normalized spacial score (nSPS) is 25.3. The van der Waals surface area contributed by atoms with Gasteiger partial charge in [0, 0.05) is 6.54 Å². The van der Waals surface area contributed by atoms with Gasteiger partial charge in [-0.25, -0.2) is 0 Å². The van der Waals surface area contributed by atoms with Crippen molar-refractivity contribution in [2.75, 3.05) is 32.7 Å². The van der Waals surface area contributed by atoms with Gasteiger partial charge in [-0.05, 0) is 63.7 Å². The molecule has 0 aromatic carbocycles. The number of piperidine rings is 1. The van der Waals surface area contributed by atoms with Crippen LogP contribution in [0.2, 0.25) is 0 Å². The van der Waals surface area contributed by atoms with Crippen molar-refractivity contribution in [3.63, 3.8) is 0 Å². The van der Waals surface area contributed by atoms with Crippen LogP contribution >= 0.6 is 0 Å². The molecule has 0 aromatic rings. The van der Waals surface area contributed by atoms with E-state index < -0.39 is 0 Å². The molecule has 1 heterocycles. The monoisotopic (exact) mass is 224 g/mol. The van der Waals surface area contributed by atoms with E-state index in [9.17, 15) is 0 Å². The predicted octanol–water partition coefficient (Wildman–Crippen LogP) is 2.50. The van der Waals surface area contributed by atoms with Gasteiger partial charge in [0.25, 0.3) is 0 Å². The summed E-state index contributed by atoms with van der Waals surface area (Å²) in [5.41, 5.74) is 0. The second kappa shape index (κ2) is 6.61. The van der Waals surface area contributed by atoms with Gasteiger partial charge in [-0.3, -0.25) is 0 Å². The van der Waals surface area contributed by atoms with E-state index in [1.807, 2.05) is 0 Å². The average molecular weight is 224 g/mol. The summed E-state index contributed by atoms with van der Waals surface area (Å²) in [6.45, 7) is 8.68. The highest BCUT2D eigenvalue weighted by atomic mass is 15.1. The van der Waals surface area contributed by atoms with Crippen molar-refractivity contribution >= 4 is 0 Å². The fraction of sp³-hybridized carbons (Fsp3) is 1.00. The number of nitrogens with zero attached hydrogens (tertiary/aromatic N) is 1. The fourth-order valence-electron chi connectivity index (χ4n) is 3.28. The fourth-order valence-corrected chi connectivity index (χ4v) is 3.28. The van der Waals surface area contributed by atoms with Crippen molar-refractivity contribution in [1.82, 2.24) is 10.2 Å². The minimum atomic E-state index is 0.944. The van der Waals surface area contributed by atoms with Crippen LogP contribution in [0.1, 0.15) is 45.4 Å². The molecule has 1 N–H and O–H groups in total. The number of likely N-dealkylation sites (tertiary alicyclic amines) is 1. The molecule has 2 heteroatoms. The molecular weight excluding hydrogens is 196 g/mol. The van der Waals surface area contributed by atoms with Crippen LogP contribution in [0.15, 0.2) is 0 Å². The molecule has 0 atom stereocenters. The highest BCUT2D eigenvalue weighted by molar-refractivity contribution is 4.77. The molecule has 16 heavy (non-hydrogen) atoms. The number of rotatable bonds is 5. The van der Waals surface area contributed by atoms with Crippen LogP contribution in [0.3, 0.4) is 0 Å². The highest BCUT2D eigenvalue weighted by Crippen LogP contribution is 2.27. The molecule has 1 aliphatic heterocycles. The molecule has 2 fully saturated rings. The topological polar surface area (TPSA) is 15.3 Å². The Kier molecular flexibility index (Phi) is 5.11. The number of hydrogen-bond donors (Lipinski definition) is 1. The van der Waals surface area contributed by atoms with Crippen molar-refractivity contribution in [3.8, 4) is 0 Å². The van der Waals surface area contributed by atoms with E-state index in [4.69, 9.17) is 0 Å². The molecular formula is C14H28N2. The lowest BCUT2D eigenvalue weighted by atomic mass is 9.95. The molecule has 94 valence electrons. The van der Waals surface area contributed by atoms with Crippen LogP contribution in [0, 0.1) is 11.8 Å². The first kappa shape index (κ1) is 12.4. The third-order valence-corrected chi connectivity index (χ3v) is 4.38.